The first-order valence-electron chi connectivity index (χ1n) is 19.4. The molecular formula is C39H58N8O10. The van der Waals surface area contributed by atoms with Gasteiger partial charge in [0.1, 0.15) is 35.8 Å². The van der Waals surface area contributed by atoms with Crippen molar-refractivity contribution in [2.45, 2.75) is 116 Å². The summed E-state index contributed by atoms with van der Waals surface area (Å²) in [5, 5.41) is 23.2. The molecule has 57 heavy (non-hydrogen) atoms. The summed E-state index contributed by atoms with van der Waals surface area (Å²) in [5.41, 5.74) is 7.29. The molecule has 0 spiro atoms. The molecule has 1 aliphatic rings. The molecule has 6 amide bonds. The van der Waals surface area contributed by atoms with Crippen LogP contribution in [0.15, 0.2) is 33.5 Å². The van der Waals surface area contributed by atoms with E-state index in [2.05, 4.69) is 26.6 Å². The van der Waals surface area contributed by atoms with Crippen LogP contribution in [0.4, 0.5) is 5.69 Å². The number of hydrogen-bond donors (Lipinski definition) is 7. The summed E-state index contributed by atoms with van der Waals surface area (Å²) in [4.78, 5) is 104. The van der Waals surface area contributed by atoms with Gasteiger partial charge in [-0.2, -0.15) is 0 Å². The third-order valence-electron chi connectivity index (χ3n) is 10.1. The molecule has 8 N–H and O–H groups in total. The van der Waals surface area contributed by atoms with E-state index in [0.717, 1.165) is 5.69 Å². The number of aliphatic carboxylic acids is 1. The minimum Gasteiger partial charge on any atom is -0.480 e. The molecule has 1 fully saturated rings. The number of carboxylic acids is 1. The van der Waals surface area contributed by atoms with E-state index in [9.17, 15) is 43.5 Å². The number of amides is 6. The number of likely N-dealkylation sites (tertiary alicyclic amines) is 1. The van der Waals surface area contributed by atoms with Crippen molar-refractivity contribution in [2.24, 2.45) is 11.7 Å². The molecule has 1 aromatic carbocycles. The summed E-state index contributed by atoms with van der Waals surface area (Å²) in [7, 11) is 3.73. The van der Waals surface area contributed by atoms with Crippen LogP contribution in [-0.4, -0.2) is 115 Å². The summed E-state index contributed by atoms with van der Waals surface area (Å²) in [5.74, 6) is -4.76. The predicted octanol–water partition coefficient (Wildman–Crippen LogP) is 0.136. The van der Waals surface area contributed by atoms with E-state index >= 15 is 0 Å². The topological polar surface area (TPSA) is 263 Å². The molecular weight excluding hydrogens is 740 g/mol. The van der Waals surface area contributed by atoms with E-state index in [-0.39, 0.29) is 31.2 Å². The van der Waals surface area contributed by atoms with Gasteiger partial charge in [-0.25, -0.2) is 9.59 Å². The number of carbonyl (C=O) groups excluding carboxylic acids is 6. The van der Waals surface area contributed by atoms with Crippen LogP contribution in [0.1, 0.15) is 78.7 Å². The molecule has 1 aliphatic heterocycles. The van der Waals surface area contributed by atoms with Crippen molar-refractivity contribution < 1.29 is 43.1 Å². The Morgan fingerprint density at radius 1 is 0.912 bits per heavy atom. The number of nitrogens with zero attached hydrogens (tertiary/aromatic N) is 2. The molecule has 18 nitrogen and oxygen atoms in total. The van der Waals surface area contributed by atoms with E-state index in [1.165, 1.54) is 31.7 Å². The van der Waals surface area contributed by atoms with Crippen molar-refractivity contribution in [1.29, 1.82) is 0 Å². The fourth-order valence-electron chi connectivity index (χ4n) is 6.40. The van der Waals surface area contributed by atoms with Crippen molar-refractivity contribution >= 4 is 58.1 Å². The smallest absolute Gasteiger partial charge is 0.336 e. The Balaban J connectivity index is 1.39. The number of carboxylic acid groups (broad SMARTS) is 1. The molecule has 314 valence electrons. The monoisotopic (exact) mass is 798 g/mol. The maximum Gasteiger partial charge on any atom is 0.336 e. The zero-order valence-electron chi connectivity index (χ0n) is 33.8. The second-order valence-corrected chi connectivity index (χ2v) is 14.9. The molecule has 2 aromatic rings. The minimum absolute atomic E-state index is 0.0154. The SMILES string of the molecule is CC[C@H](C)[C@H](NC(=O)[C@@H]1CCCN1C(=O)[C@H](C)NC(=O)[C@H](C)NC(=O)[C@H](C)NC(=O)[C@@H](N)CCCCNC(=O)Cc1cc(=O)oc2cc(N(C)C)ccc12)C(=O)O. The number of carbonyl (C=O) groups is 7. The summed E-state index contributed by atoms with van der Waals surface area (Å²) < 4.78 is 5.32. The first kappa shape index (κ1) is 45.9. The number of fused-ring (bicyclic) bond motifs is 1. The summed E-state index contributed by atoms with van der Waals surface area (Å²) in [6.45, 7) is 8.40. The Labute approximate surface area is 332 Å². The average Bonchev–Trinajstić information content (AvgIpc) is 3.65. The largest absolute Gasteiger partial charge is 0.480 e. The standard InChI is InChI=1S/C39H58N8O10/c1-8-21(2)33(39(55)56)45-37(53)29-13-11-17-47(29)38(54)24(5)44-35(51)22(3)42-34(50)23(4)43-36(52)28(40)12-9-10-16-41-31(48)18-25-19-32(49)57-30-20-26(46(6)7)14-15-27(25)30/h14-15,19-24,28-29,33H,8-13,16-18,40H2,1-7H3,(H,41,48)(H,42,50)(H,43,52)(H,44,51)(H,45,53)(H,55,56)/t21-,22-,23-,24-,28-,29-,33-/m0/s1. The van der Waals surface area contributed by atoms with E-state index in [1.807, 2.05) is 38.1 Å². The first-order chi connectivity index (χ1) is 26.8. The highest BCUT2D eigenvalue weighted by Gasteiger charge is 2.39. The molecule has 0 radical (unpaired) electrons. The van der Waals surface area contributed by atoms with Crippen molar-refractivity contribution in [3.63, 3.8) is 0 Å². The van der Waals surface area contributed by atoms with Gasteiger partial charge in [0, 0.05) is 50.4 Å². The molecule has 0 saturated carbocycles. The summed E-state index contributed by atoms with van der Waals surface area (Å²) in [6, 6.07) is 0.620. The van der Waals surface area contributed by atoms with Gasteiger partial charge >= 0.3 is 11.6 Å². The van der Waals surface area contributed by atoms with Gasteiger partial charge in [0.25, 0.3) is 0 Å². The van der Waals surface area contributed by atoms with Crippen LogP contribution in [0, 0.1) is 5.92 Å². The lowest BCUT2D eigenvalue weighted by atomic mass is 9.98. The zero-order chi connectivity index (χ0) is 42.6. The predicted molar refractivity (Wildman–Crippen MR) is 212 cm³/mol. The van der Waals surface area contributed by atoms with E-state index < -0.39 is 77.4 Å². The van der Waals surface area contributed by atoms with Gasteiger partial charge in [-0.05, 0) is 76.5 Å². The van der Waals surface area contributed by atoms with Crippen molar-refractivity contribution in [2.75, 3.05) is 32.1 Å². The van der Waals surface area contributed by atoms with Gasteiger partial charge in [0.2, 0.25) is 35.4 Å². The lowest BCUT2D eigenvalue weighted by Crippen LogP contribution is -2.58. The van der Waals surface area contributed by atoms with E-state index in [1.54, 1.807) is 13.0 Å². The van der Waals surface area contributed by atoms with Gasteiger partial charge in [-0.3, -0.25) is 28.8 Å². The van der Waals surface area contributed by atoms with Gasteiger partial charge in [0.05, 0.1) is 12.5 Å². The Kier molecular flexibility index (Phi) is 17.0. The Morgan fingerprint density at radius 3 is 2.16 bits per heavy atom. The molecule has 0 aliphatic carbocycles. The second kappa shape index (κ2) is 21.1. The number of anilines is 1. The fourth-order valence-corrected chi connectivity index (χ4v) is 6.40. The van der Waals surface area contributed by atoms with Crippen LogP contribution in [-0.2, 0) is 40.0 Å². The lowest BCUT2D eigenvalue weighted by molar-refractivity contribution is -0.145. The Hall–Kier alpha value is -5.52. The minimum atomic E-state index is -1.16. The number of benzene rings is 1. The second-order valence-electron chi connectivity index (χ2n) is 14.9. The highest BCUT2D eigenvalue weighted by Crippen LogP contribution is 2.23. The Morgan fingerprint density at radius 2 is 1.54 bits per heavy atom. The fraction of sp³-hybridized carbons (Fsp3) is 0.590. The van der Waals surface area contributed by atoms with Crippen LogP contribution in [0.25, 0.3) is 11.0 Å². The van der Waals surface area contributed by atoms with Crippen molar-refractivity contribution in [3.8, 4) is 0 Å². The van der Waals surface area contributed by atoms with Crippen LogP contribution in [0.5, 0.6) is 0 Å². The summed E-state index contributed by atoms with van der Waals surface area (Å²) in [6.07, 6.45) is 2.68. The molecule has 7 atom stereocenters. The number of nitrogens with two attached hydrogens (primary N) is 1. The van der Waals surface area contributed by atoms with Gasteiger partial charge in [0.15, 0.2) is 0 Å². The van der Waals surface area contributed by atoms with Gasteiger partial charge in [-0.1, -0.05) is 20.3 Å². The molecule has 0 bridgehead atoms. The molecule has 2 heterocycles. The summed E-state index contributed by atoms with van der Waals surface area (Å²) >= 11 is 0. The molecule has 1 aromatic heterocycles. The third kappa shape index (κ3) is 13.0. The molecule has 1 saturated heterocycles. The third-order valence-corrected chi connectivity index (χ3v) is 10.1. The van der Waals surface area contributed by atoms with Crippen LogP contribution < -0.4 is 42.8 Å². The number of rotatable bonds is 20. The van der Waals surface area contributed by atoms with Crippen molar-refractivity contribution in [3.05, 3.63) is 40.2 Å². The van der Waals surface area contributed by atoms with Gasteiger partial charge < -0.3 is 51.6 Å². The van der Waals surface area contributed by atoms with Crippen molar-refractivity contribution in [1.82, 2.24) is 31.5 Å². The number of hydrogen-bond acceptors (Lipinski definition) is 11. The van der Waals surface area contributed by atoms with Gasteiger partial charge in [-0.15, -0.1) is 0 Å². The Bertz CT molecular complexity index is 1850. The van der Waals surface area contributed by atoms with E-state index in [4.69, 9.17) is 10.2 Å². The van der Waals surface area contributed by atoms with Crippen LogP contribution >= 0.6 is 0 Å². The number of nitrogens with one attached hydrogen (secondary N) is 5. The quantitative estimate of drug-likeness (QED) is 0.0697. The molecule has 3 rings (SSSR count). The highest BCUT2D eigenvalue weighted by molar-refractivity contribution is 5.96. The van der Waals surface area contributed by atoms with Crippen LogP contribution in [0.3, 0.4) is 0 Å². The number of unbranched alkanes of at least 4 members (excludes halogenated alkanes) is 1. The van der Waals surface area contributed by atoms with E-state index in [0.29, 0.717) is 55.2 Å². The molecule has 18 heteroatoms. The maximum absolute atomic E-state index is 13.3. The average molecular weight is 799 g/mol. The first-order valence-corrected chi connectivity index (χ1v) is 19.4. The molecule has 0 unspecified atom stereocenters. The highest BCUT2D eigenvalue weighted by atomic mass is 16.4. The maximum atomic E-state index is 13.3. The normalized spacial score (nSPS) is 17.0. The lowest BCUT2D eigenvalue weighted by Gasteiger charge is -2.29. The zero-order valence-corrected chi connectivity index (χ0v) is 33.8. The van der Waals surface area contributed by atoms with Crippen LogP contribution in [0.2, 0.25) is 0 Å².